The van der Waals surface area contributed by atoms with Crippen LogP contribution in [-0.4, -0.2) is 83.2 Å². The molecule has 9 nitrogen and oxygen atoms in total. The van der Waals surface area contributed by atoms with Crippen LogP contribution in [0.4, 0.5) is 0 Å². The smallest absolute Gasteiger partial charge is 0.335 e. The predicted molar refractivity (Wildman–Crippen MR) is 195 cm³/mol. The van der Waals surface area contributed by atoms with Crippen LogP contribution >= 0.6 is 0 Å². The number of hydrogen-bond acceptors (Lipinski definition) is 9. The van der Waals surface area contributed by atoms with Crippen molar-refractivity contribution in [2.45, 2.75) is 129 Å². The maximum Gasteiger partial charge on any atom is 0.335 e. The number of hydrogen-bond donors (Lipinski definition) is 3. The standard InChI is InChI=1S/C41H60O9/c1-28(2)21-22-30(4)26-47-40(46)34(43)18-13-14-19-37-41(6,27-42)38-25-33(49-37)17-10-7-9-15-29(3)23-36-31(5)35(44)24-32(48-36)16-11-8-12-20-39(45)50-38/h8-15,17,20,23,28,31-38,42-44H,4,7,16,18-19,21-22,24-27H2,1-3,5-6H3/b11-8-,14-13-,15-9-,17-10-,20-12-,29-23-/t31-,32+,33-,34-,35+,36-,37+,38-,41+/m1/s1. The molecule has 9 heteroatoms. The molecule has 3 N–H and O–H groups in total. The molecular weight excluding hydrogens is 636 g/mol. The Morgan fingerprint density at radius 1 is 1.14 bits per heavy atom. The summed E-state index contributed by atoms with van der Waals surface area (Å²) in [6.45, 7) is 13.9. The van der Waals surface area contributed by atoms with Crippen LogP contribution < -0.4 is 0 Å². The van der Waals surface area contributed by atoms with E-state index in [1.807, 2.05) is 57.2 Å². The summed E-state index contributed by atoms with van der Waals surface area (Å²) in [5.41, 5.74) is 0.954. The van der Waals surface area contributed by atoms with E-state index in [9.17, 15) is 24.9 Å². The van der Waals surface area contributed by atoms with Gasteiger partial charge in [-0.05, 0) is 50.5 Å². The molecular formula is C41H60O9. The Kier molecular flexibility index (Phi) is 17.1. The fourth-order valence-electron chi connectivity index (χ4n) is 6.27. The monoisotopic (exact) mass is 696 g/mol. The molecule has 2 saturated heterocycles. The second kappa shape index (κ2) is 20.7. The predicted octanol–water partition coefficient (Wildman–Crippen LogP) is 6.41. The number of allylic oxidation sites excluding steroid dienone is 6. The van der Waals surface area contributed by atoms with Crippen LogP contribution in [0.25, 0.3) is 0 Å². The lowest BCUT2D eigenvalue weighted by atomic mass is 9.73. The largest absolute Gasteiger partial charge is 0.459 e. The number of carbonyl (C=O) groups is 2. The normalized spacial score (nSPS) is 35.3. The topological polar surface area (TPSA) is 132 Å². The summed E-state index contributed by atoms with van der Waals surface area (Å²) in [5, 5.41) is 31.6. The Bertz CT molecular complexity index is 1290. The van der Waals surface area contributed by atoms with Gasteiger partial charge in [0, 0.05) is 31.3 Å². The summed E-state index contributed by atoms with van der Waals surface area (Å²) >= 11 is 0. The SMILES string of the molecule is C=C(CCC(C)C)COC(=O)[C@H](O)C/C=C\C[C@@H]1O[C@@H]2/C=C\C/C=C\C(C)=C/[C@H]3O[C@@H](C/C=C\C=C/C(=O)O[C@H](C2)[C@@]1(C)CO)C[C@H](O)[C@H]3C. The number of carbonyl (C=O) groups excluding carboxylic acids is 2. The second-order valence-corrected chi connectivity index (χ2v) is 14.6. The van der Waals surface area contributed by atoms with Crippen molar-refractivity contribution in [1.82, 2.24) is 0 Å². The number of aliphatic hydroxyl groups excluding tert-OH is 3. The zero-order valence-corrected chi connectivity index (χ0v) is 30.6. The first-order valence-corrected chi connectivity index (χ1v) is 18.1. The van der Waals surface area contributed by atoms with Gasteiger partial charge in [-0.2, -0.15) is 0 Å². The van der Waals surface area contributed by atoms with E-state index < -0.39 is 41.8 Å². The fourth-order valence-corrected chi connectivity index (χ4v) is 6.27. The highest BCUT2D eigenvalue weighted by Crippen LogP contribution is 2.41. The van der Waals surface area contributed by atoms with Crippen molar-refractivity contribution < 1.29 is 43.9 Å². The van der Waals surface area contributed by atoms with E-state index >= 15 is 0 Å². The lowest BCUT2D eigenvalue weighted by Crippen LogP contribution is -2.55. The summed E-state index contributed by atoms with van der Waals surface area (Å²) in [4.78, 5) is 25.3. The summed E-state index contributed by atoms with van der Waals surface area (Å²) in [6.07, 6.45) is 21.0. The first-order chi connectivity index (χ1) is 23.8. The molecule has 3 aliphatic rings. The minimum atomic E-state index is -1.31. The van der Waals surface area contributed by atoms with Crippen molar-refractivity contribution in [2.75, 3.05) is 13.2 Å². The van der Waals surface area contributed by atoms with Crippen LogP contribution in [0.5, 0.6) is 0 Å². The minimum absolute atomic E-state index is 0.0218. The number of aliphatic hydroxyl groups is 3. The van der Waals surface area contributed by atoms with Gasteiger partial charge in [0.1, 0.15) is 12.7 Å². The van der Waals surface area contributed by atoms with E-state index in [-0.39, 0.29) is 43.9 Å². The second-order valence-electron chi connectivity index (χ2n) is 14.6. The summed E-state index contributed by atoms with van der Waals surface area (Å²) in [7, 11) is 0. The third kappa shape index (κ3) is 13.2. The Morgan fingerprint density at radius 3 is 2.66 bits per heavy atom. The van der Waals surface area contributed by atoms with Crippen molar-refractivity contribution in [2.24, 2.45) is 17.3 Å². The van der Waals surface area contributed by atoms with Crippen LogP contribution in [0.2, 0.25) is 0 Å². The van der Waals surface area contributed by atoms with Crippen molar-refractivity contribution in [1.29, 1.82) is 0 Å². The first kappa shape index (κ1) is 41.3. The molecule has 0 aliphatic carbocycles. The van der Waals surface area contributed by atoms with Gasteiger partial charge in [0.05, 0.1) is 42.5 Å². The number of fused-ring (bicyclic) bond motifs is 4. The van der Waals surface area contributed by atoms with Crippen molar-refractivity contribution >= 4 is 11.9 Å². The lowest BCUT2D eigenvalue weighted by Gasteiger charge is -2.47. The van der Waals surface area contributed by atoms with Crippen LogP contribution in [0.1, 0.15) is 86.0 Å². The van der Waals surface area contributed by atoms with Gasteiger partial charge in [0.25, 0.3) is 0 Å². The highest BCUT2D eigenvalue weighted by Gasteiger charge is 2.49. The van der Waals surface area contributed by atoms with Crippen LogP contribution in [0.3, 0.4) is 0 Å². The average molecular weight is 697 g/mol. The zero-order chi connectivity index (χ0) is 36.7. The molecule has 0 aromatic heterocycles. The summed E-state index contributed by atoms with van der Waals surface area (Å²) < 4.78 is 23.9. The first-order valence-electron chi connectivity index (χ1n) is 18.1. The van der Waals surface area contributed by atoms with Crippen LogP contribution in [-0.2, 0) is 28.5 Å². The van der Waals surface area contributed by atoms with E-state index in [1.165, 1.54) is 6.08 Å². The molecule has 0 unspecified atom stereocenters. The van der Waals surface area contributed by atoms with Crippen molar-refractivity contribution in [3.8, 4) is 0 Å². The average Bonchev–Trinajstić information content (AvgIpc) is 3.07. The quantitative estimate of drug-likeness (QED) is 0.166. The Morgan fingerprint density at radius 2 is 1.92 bits per heavy atom. The Balaban J connectivity index is 1.71. The van der Waals surface area contributed by atoms with Gasteiger partial charge in [-0.25, -0.2) is 9.59 Å². The van der Waals surface area contributed by atoms with Gasteiger partial charge in [0.2, 0.25) is 0 Å². The summed E-state index contributed by atoms with van der Waals surface area (Å²) in [5.74, 6) is -0.720. The molecule has 3 heterocycles. The molecule has 2 fully saturated rings. The molecule has 278 valence electrons. The van der Waals surface area contributed by atoms with Gasteiger partial charge in [-0.15, -0.1) is 0 Å². The number of esters is 2. The number of rotatable bonds is 11. The zero-order valence-electron chi connectivity index (χ0n) is 30.6. The highest BCUT2D eigenvalue weighted by molar-refractivity contribution is 5.82. The molecule has 50 heavy (non-hydrogen) atoms. The van der Waals surface area contributed by atoms with E-state index in [0.29, 0.717) is 38.0 Å². The third-order valence-electron chi connectivity index (χ3n) is 9.79. The molecule has 0 spiro atoms. The third-order valence-corrected chi connectivity index (χ3v) is 9.79. The van der Waals surface area contributed by atoms with Crippen molar-refractivity contribution in [3.05, 3.63) is 84.6 Å². The van der Waals surface area contributed by atoms with Crippen LogP contribution in [0.15, 0.2) is 84.6 Å². The molecule has 3 rings (SSSR count). The molecule has 3 aliphatic heterocycles. The van der Waals surface area contributed by atoms with Gasteiger partial charge < -0.3 is 34.3 Å². The van der Waals surface area contributed by atoms with Crippen LogP contribution in [0, 0.1) is 17.3 Å². The maximum absolute atomic E-state index is 13.0. The molecule has 4 bridgehead atoms. The van der Waals surface area contributed by atoms with E-state index in [1.54, 1.807) is 18.2 Å². The van der Waals surface area contributed by atoms with Gasteiger partial charge in [-0.3, -0.25) is 0 Å². The Labute approximate surface area is 299 Å². The number of ether oxygens (including phenoxy) is 4. The van der Waals surface area contributed by atoms with Gasteiger partial charge in [0.15, 0.2) is 6.10 Å². The molecule has 0 saturated carbocycles. The summed E-state index contributed by atoms with van der Waals surface area (Å²) in [6, 6.07) is 0. The van der Waals surface area contributed by atoms with Gasteiger partial charge in [-0.1, -0.05) is 101 Å². The minimum Gasteiger partial charge on any atom is -0.459 e. The van der Waals surface area contributed by atoms with Gasteiger partial charge >= 0.3 is 11.9 Å². The van der Waals surface area contributed by atoms with E-state index in [0.717, 1.165) is 24.0 Å². The molecule has 0 aromatic carbocycles. The highest BCUT2D eigenvalue weighted by atomic mass is 16.6. The fraction of sp³-hybridized carbons (Fsp3) is 0.610. The van der Waals surface area contributed by atoms with E-state index in [4.69, 9.17) is 18.9 Å². The molecule has 9 atom stereocenters. The lowest BCUT2D eigenvalue weighted by molar-refractivity contribution is -0.198. The maximum atomic E-state index is 13.0. The molecule has 0 aromatic rings. The molecule has 0 radical (unpaired) electrons. The van der Waals surface area contributed by atoms with Crippen molar-refractivity contribution in [3.63, 3.8) is 0 Å². The molecule has 0 amide bonds. The van der Waals surface area contributed by atoms with E-state index in [2.05, 4.69) is 26.5 Å². The Hall–Kier alpha value is -3.08.